The molecule has 0 amide bonds. The zero-order valence-electron chi connectivity index (χ0n) is 8.74. The van der Waals surface area contributed by atoms with Crippen LogP contribution in [-0.4, -0.2) is 30.7 Å². The normalized spacial score (nSPS) is 22.8. The van der Waals surface area contributed by atoms with Gasteiger partial charge in [0.25, 0.3) is 0 Å². The first kappa shape index (κ1) is 9.69. The van der Waals surface area contributed by atoms with Crippen LogP contribution in [-0.2, 0) is 6.42 Å². The van der Waals surface area contributed by atoms with Crippen LogP contribution in [0.4, 0.5) is 0 Å². The molecule has 0 spiro atoms. The summed E-state index contributed by atoms with van der Waals surface area (Å²) in [5, 5.41) is 3.38. The fourth-order valence-electron chi connectivity index (χ4n) is 1.92. The van der Waals surface area contributed by atoms with Crippen LogP contribution in [0.5, 0.6) is 0 Å². The molecule has 1 heterocycles. The quantitative estimate of drug-likeness (QED) is 0.776. The summed E-state index contributed by atoms with van der Waals surface area (Å²) in [5.41, 5.74) is 1.44. The molecular weight excluding hydrogens is 172 g/mol. The van der Waals surface area contributed by atoms with E-state index in [9.17, 15) is 0 Å². The van der Waals surface area contributed by atoms with E-state index < -0.39 is 0 Å². The van der Waals surface area contributed by atoms with Gasteiger partial charge in [-0.1, -0.05) is 30.3 Å². The Morgan fingerprint density at radius 1 is 1.36 bits per heavy atom. The Labute approximate surface area is 85.9 Å². The van der Waals surface area contributed by atoms with Crippen LogP contribution in [0.3, 0.4) is 0 Å². The molecule has 2 nitrogen and oxygen atoms in total. The van der Waals surface area contributed by atoms with E-state index in [4.69, 9.17) is 0 Å². The van der Waals surface area contributed by atoms with E-state index in [1.165, 1.54) is 5.56 Å². The maximum absolute atomic E-state index is 3.38. The van der Waals surface area contributed by atoms with Crippen molar-refractivity contribution in [2.75, 3.05) is 19.8 Å². The standard InChI is InChI=1S/C12H18N2/c1-11-9-13-10-14(11)8-7-12-5-3-2-4-6-12/h2-6,11,13H,7-10H2,1H3. The number of hydrogen-bond donors (Lipinski definition) is 1. The van der Waals surface area contributed by atoms with E-state index in [0.717, 1.165) is 26.2 Å². The van der Waals surface area contributed by atoms with Gasteiger partial charge in [0.05, 0.1) is 0 Å². The number of rotatable bonds is 3. The lowest BCUT2D eigenvalue weighted by molar-refractivity contribution is 0.275. The third kappa shape index (κ3) is 2.34. The van der Waals surface area contributed by atoms with Crippen molar-refractivity contribution in [2.45, 2.75) is 19.4 Å². The molecule has 1 unspecified atom stereocenters. The summed E-state index contributed by atoms with van der Waals surface area (Å²) in [6.07, 6.45) is 1.16. The van der Waals surface area contributed by atoms with Gasteiger partial charge in [-0.2, -0.15) is 0 Å². The maximum Gasteiger partial charge on any atom is 0.0484 e. The lowest BCUT2D eigenvalue weighted by Crippen LogP contribution is -2.30. The van der Waals surface area contributed by atoms with Gasteiger partial charge in [-0.25, -0.2) is 0 Å². The molecule has 1 atom stereocenters. The molecule has 1 fully saturated rings. The van der Waals surface area contributed by atoms with Crippen molar-refractivity contribution in [3.05, 3.63) is 35.9 Å². The van der Waals surface area contributed by atoms with Crippen molar-refractivity contribution in [2.24, 2.45) is 0 Å². The first-order valence-corrected chi connectivity index (χ1v) is 5.35. The van der Waals surface area contributed by atoms with Crippen LogP contribution in [0.15, 0.2) is 30.3 Å². The van der Waals surface area contributed by atoms with Crippen LogP contribution in [0.2, 0.25) is 0 Å². The second-order valence-corrected chi connectivity index (χ2v) is 4.01. The second-order valence-electron chi connectivity index (χ2n) is 4.01. The van der Waals surface area contributed by atoms with Crippen molar-refractivity contribution in [3.63, 3.8) is 0 Å². The van der Waals surface area contributed by atoms with Crippen molar-refractivity contribution in [1.29, 1.82) is 0 Å². The predicted molar refractivity (Wildman–Crippen MR) is 59.2 cm³/mol. The van der Waals surface area contributed by atoms with Gasteiger partial charge >= 0.3 is 0 Å². The lowest BCUT2D eigenvalue weighted by Gasteiger charge is -2.19. The number of hydrogen-bond acceptors (Lipinski definition) is 2. The summed E-state index contributed by atoms with van der Waals surface area (Å²) in [7, 11) is 0. The van der Waals surface area contributed by atoms with Gasteiger partial charge in [0.1, 0.15) is 0 Å². The van der Waals surface area contributed by atoms with Crippen molar-refractivity contribution < 1.29 is 0 Å². The molecule has 1 aromatic rings. The SMILES string of the molecule is CC1CNCN1CCc1ccccc1. The van der Waals surface area contributed by atoms with Gasteiger partial charge in [0.2, 0.25) is 0 Å². The minimum absolute atomic E-state index is 0.693. The third-order valence-corrected chi connectivity index (χ3v) is 2.91. The third-order valence-electron chi connectivity index (χ3n) is 2.91. The Morgan fingerprint density at radius 3 is 2.79 bits per heavy atom. The fraction of sp³-hybridized carbons (Fsp3) is 0.500. The van der Waals surface area contributed by atoms with Gasteiger partial charge < -0.3 is 5.32 Å². The Balaban J connectivity index is 1.82. The lowest BCUT2D eigenvalue weighted by atomic mass is 10.1. The molecule has 2 rings (SSSR count). The van der Waals surface area contributed by atoms with Crippen molar-refractivity contribution >= 4 is 0 Å². The van der Waals surface area contributed by atoms with Crippen molar-refractivity contribution in [1.82, 2.24) is 10.2 Å². The molecule has 14 heavy (non-hydrogen) atoms. The van der Waals surface area contributed by atoms with E-state index in [0.29, 0.717) is 6.04 Å². The predicted octanol–water partition coefficient (Wildman–Crippen LogP) is 1.48. The van der Waals surface area contributed by atoms with Crippen LogP contribution >= 0.6 is 0 Å². The Hall–Kier alpha value is -0.860. The highest BCUT2D eigenvalue weighted by atomic mass is 15.3. The first-order valence-electron chi connectivity index (χ1n) is 5.35. The molecule has 1 aromatic carbocycles. The van der Waals surface area contributed by atoms with E-state index in [-0.39, 0.29) is 0 Å². The Morgan fingerprint density at radius 2 is 2.14 bits per heavy atom. The first-order chi connectivity index (χ1) is 6.86. The molecule has 1 aliphatic heterocycles. The molecule has 0 bridgehead atoms. The highest BCUT2D eigenvalue weighted by Gasteiger charge is 2.18. The highest BCUT2D eigenvalue weighted by molar-refractivity contribution is 5.14. The van der Waals surface area contributed by atoms with Crippen LogP contribution in [0.25, 0.3) is 0 Å². The Kier molecular flexibility index (Phi) is 3.17. The highest BCUT2D eigenvalue weighted by Crippen LogP contribution is 2.06. The maximum atomic E-state index is 3.38. The zero-order chi connectivity index (χ0) is 9.80. The summed E-state index contributed by atoms with van der Waals surface area (Å²) in [6, 6.07) is 11.4. The van der Waals surface area contributed by atoms with Gasteiger partial charge in [0, 0.05) is 25.8 Å². The smallest absolute Gasteiger partial charge is 0.0484 e. The summed E-state index contributed by atoms with van der Waals surface area (Å²) in [4.78, 5) is 2.49. The molecule has 76 valence electrons. The molecule has 1 aliphatic rings. The largest absolute Gasteiger partial charge is 0.303 e. The van der Waals surface area contributed by atoms with Gasteiger partial charge in [0.15, 0.2) is 0 Å². The van der Waals surface area contributed by atoms with Gasteiger partial charge in [-0.15, -0.1) is 0 Å². The molecule has 0 radical (unpaired) electrons. The van der Waals surface area contributed by atoms with E-state index in [1.807, 2.05) is 0 Å². The molecule has 1 saturated heterocycles. The number of benzene rings is 1. The molecular formula is C12H18N2. The molecule has 0 saturated carbocycles. The Bertz CT molecular complexity index is 271. The average Bonchev–Trinajstić information content (AvgIpc) is 2.63. The van der Waals surface area contributed by atoms with E-state index in [2.05, 4.69) is 47.5 Å². The average molecular weight is 190 g/mol. The minimum Gasteiger partial charge on any atom is -0.303 e. The summed E-state index contributed by atoms with van der Waals surface area (Å²) in [5.74, 6) is 0. The minimum atomic E-state index is 0.693. The summed E-state index contributed by atoms with van der Waals surface area (Å²) in [6.45, 7) is 5.63. The van der Waals surface area contributed by atoms with Crippen LogP contribution in [0.1, 0.15) is 12.5 Å². The second kappa shape index (κ2) is 4.58. The molecule has 0 aromatic heterocycles. The van der Waals surface area contributed by atoms with Gasteiger partial charge in [-0.3, -0.25) is 4.90 Å². The number of nitrogens with one attached hydrogen (secondary N) is 1. The van der Waals surface area contributed by atoms with Crippen molar-refractivity contribution in [3.8, 4) is 0 Å². The van der Waals surface area contributed by atoms with E-state index in [1.54, 1.807) is 0 Å². The fourth-order valence-corrected chi connectivity index (χ4v) is 1.92. The summed E-state index contributed by atoms with van der Waals surface area (Å²) >= 11 is 0. The summed E-state index contributed by atoms with van der Waals surface area (Å²) < 4.78 is 0. The van der Waals surface area contributed by atoms with Crippen LogP contribution in [0, 0.1) is 0 Å². The molecule has 1 N–H and O–H groups in total. The molecule has 2 heteroatoms. The van der Waals surface area contributed by atoms with Crippen LogP contribution < -0.4 is 5.32 Å². The topological polar surface area (TPSA) is 15.3 Å². The monoisotopic (exact) mass is 190 g/mol. The zero-order valence-corrected chi connectivity index (χ0v) is 8.74. The van der Waals surface area contributed by atoms with E-state index >= 15 is 0 Å². The molecule has 0 aliphatic carbocycles. The van der Waals surface area contributed by atoms with Gasteiger partial charge in [-0.05, 0) is 18.9 Å². The number of nitrogens with zero attached hydrogens (tertiary/aromatic N) is 1.